The van der Waals surface area contributed by atoms with Gasteiger partial charge < -0.3 is 10.6 Å². The summed E-state index contributed by atoms with van der Waals surface area (Å²) in [6, 6.07) is 15.0. The van der Waals surface area contributed by atoms with E-state index in [2.05, 4.69) is 10.6 Å². The molecule has 0 fully saturated rings. The lowest BCUT2D eigenvalue weighted by Gasteiger charge is -2.06. The Bertz CT molecular complexity index is 1050. The second-order valence-electron chi connectivity index (χ2n) is 4.96. The van der Waals surface area contributed by atoms with Crippen LogP contribution in [0.3, 0.4) is 0 Å². The number of rotatable bonds is 5. The standard InChI is InChI=1S/C17H12N4O4S/c18-9-12-4-6-14(7-5-12)20-11-13(10-19)17(22)21-15-2-1-3-16(8-15)26(23,24)25/h1-8,11,20H,(H,21,22)(H,23,24,25)/b13-11-. The maximum absolute atomic E-state index is 12.1. The van der Waals surface area contributed by atoms with Crippen LogP contribution >= 0.6 is 0 Å². The van der Waals surface area contributed by atoms with E-state index in [1.165, 1.54) is 24.4 Å². The molecule has 130 valence electrons. The van der Waals surface area contributed by atoms with Gasteiger partial charge in [0.15, 0.2) is 0 Å². The molecule has 2 rings (SSSR count). The van der Waals surface area contributed by atoms with Crippen LogP contribution in [0.2, 0.25) is 0 Å². The van der Waals surface area contributed by atoms with E-state index in [1.54, 1.807) is 30.3 Å². The Hall–Kier alpha value is -3.66. The van der Waals surface area contributed by atoms with Crippen molar-refractivity contribution in [3.8, 4) is 12.1 Å². The molecule has 0 spiro atoms. The van der Waals surface area contributed by atoms with E-state index in [0.29, 0.717) is 11.3 Å². The minimum atomic E-state index is -4.41. The molecule has 9 heteroatoms. The molecular weight excluding hydrogens is 356 g/mol. The molecule has 0 radical (unpaired) electrons. The molecule has 0 saturated carbocycles. The predicted octanol–water partition coefficient (Wildman–Crippen LogP) is 2.26. The average molecular weight is 368 g/mol. The fourth-order valence-corrected chi connectivity index (χ4v) is 2.40. The summed E-state index contributed by atoms with van der Waals surface area (Å²) < 4.78 is 31.2. The second kappa shape index (κ2) is 7.94. The summed E-state index contributed by atoms with van der Waals surface area (Å²) >= 11 is 0. The van der Waals surface area contributed by atoms with Gasteiger partial charge in [0.05, 0.1) is 16.5 Å². The first-order valence-corrected chi connectivity index (χ1v) is 8.53. The van der Waals surface area contributed by atoms with Crippen molar-refractivity contribution in [2.75, 3.05) is 10.6 Å². The molecular formula is C17H12N4O4S. The lowest BCUT2D eigenvalue weighted by molar-refractivity contribution is -0.112. The highest BCUT2D eigenvalue weighted by Crippen LogP contribution is 2.16. The summed E-state index contributed by atoms with van der Waals surface area (Å²) in [5.74, 6) is -0.763. The van der Waals surface area contributed by atoms with E-state index in [9.17, 15) is 13.2 Å². The average Bonchev–Trinajstić information content (AvgIpc) is 2.62. The molecule has 0 heterocycles. The van der Waals surface area contributed by atoms with Crippen molar-refractivity contribution in [1.29, 1.82) is 10.5 Å². The topological polar surface area (TPSA) is 143 Å². The van der Waals surface area contributed by atoms with Gasteiger partial charge in [-0.25, -0.2) is 0 Å². The van der Waals surface area contributed by atoms with E-state index in [1.807, 2.05) is 6.07 Å². The molecule has 8 nitrogen and oxygen atoms in total. The van der Waals surface area contributed by atoms with E-state index in [-0.39, 0.29) is 16.2 Å². The molecule has 0 unspecified atom stereocenters. The largest absolute Gasteiger partial charge is 0.360 e. The number of carbonyl (C=O) groups is 1. The highest BCUT2D eigenvalue weighted by Gasteiger charge is 2.13. The molecule has 0 atom stereocenters. The van der Waals surface area contributed by atoms with Crippen molar-refractivity contribution in [3.05, 3.63) is 65.9 Å². The summed E-state index contributed by atoms with van der Waals surface area (Å²) in [5.41, 5.74) is 0.880. The molecule has 0 aromatic heterocycles. The Morgan fingerprint density at radius 1 is 1.08 bits per heavy atom. The van der Waals surface area contributed by atoms with Gasteiger partial charge >= 0.3 is 0 Å². The van der Waals surface area contributed by atoms with Gasteiger partial charge in [-0.1, -0.05) is 6.07 Å². The maximum Gasteiger partial charge on any atom is 0.294 e. The molecule has 1 amide bonds. The number of anilines is 2. The van der Waals surface area contributed by atoms with Gasteiger partial charge in [0.2, 0.25) is 0 Å². The molecule has 0 saturated heterocycles. The summed E-state index contributed by atoms with van der Waals surface area (Å²) in [6.45, 7) is 0. The van der Waals surface area contributed by atoms with Crippen molar-refractivity contribution in [3.63, 3.8) is 0 Å². The monoisotopic (exact) mass is 368 g/mol. The number of benzene rings is 2. The van der Waals surface area contributed by atoms with Gasteiger partial charge in [0, 0.05) is 17.6 Å². The summed E-state index contributed by atoms with van der Waals surface area (Å²) in [5, 5.41) is 23.0. The van der Waals surface area contributed by atoms with Crippen LogP contribution < -0.4 is 10.6 Å². The summed E-state index contributed by atoms with van der Waals surface area (Å²) in [4.78, 5) is 11.7. The third-order valence-corrected chi connectivity index (χ3v) is 4.00. The molecule has 3 N–H and O–H groups in total. The van der Waals surface area contributed by atoms with Crippen LogP contribution in [0.15, 0.2) is 65.2 Å². The molecule has 2 aromatic carbocycles. The molecule has 2 aromatic rings. The Morgan fingerprint density at radius 2 is 1.77 bits per heavy atom. The normalized spacial score (nSPS) is 11.1. The van der Waals surface area contributed by atoms with Crippen LogP contribution in [-0.2, 0) is 14.9 Å². The van der Waals surface area contributed by atoms with E-state index < -0.39 is 16.0 Å². The Labute approximate surface area is 149 Å². The third kappa shape index (κ3) is 4.92. The zero-order chi connectivity index (χ0) is 19.2. The fourth-order valence-electron chi connectivity index (χ4n) is 1.88. The number of hydrogen-bond donors (Lipinski definition) is 3. The lowest BCUT2D eigenvalue weighted by Crippen LogP contribution is -2.15. The van der Waals surface area contributed by atoms with Crippen LogP contribution in [0.1, 0.15) is 5.56 Å². The van der Waals surface area contributed by atoms with Crippen molar-refractivity contribution in [2.45, 2.75) is 4.90 Å². The van der Waals surface area contributed by atoms with Gasteiger partial charge in [0.25, 0.3) is 16.0 Å². The first kappa shape index (κ1) is 18.7. The van der Waals surface area contributed by atoms with E-state index in [0.717, 1.165) is 6.07 Å². The molecule has 0 aliphatic heterocycles. The van der Waals surface area contributed by atoms with Crippen molar-refractivity contribution in [1.82, 2.24) is 0 Å². The van der Waals surface area contributed by atoms with Crippen LogP contribution in [0.4, 0.5) is 11.4 Å². The number of nitrogens with one attached hydrogen (secondary N) is 2. The fraction of sp³-hybridized carbons (Fsp3) is 0. The molecule has 26 heavy (non-hydrogen) atoms. The van der Waals surface area contributed by atoms with Gasteiger partial charge in [-0.05, 0) is 42.5 Å². The van der Waals surface area contributed by atoms with Gasteiger partial charge in [-0.3, -0.25) is 9.35 Å². The highest BCUT2D eigenvalue weighted by atomic mass is 32.2. The SMILES string of the molecule is N#C/C(=C/Nc1ccc(C#N)cc1)C(=O)Nc1cccc(S(=O)(=O)O)c1. The smallest absolute Gasteiger partial charge is 0.294 e. The number of nitrogens with zero attached hydrogens (tertiary/aromatic N) is 2. The molecule has 0 aliphatic rings. The second-order valence-corrected chi connectivity index (χ2v) is 6.38. The predicted molar refractivity (Wildman–Crippen MR) is 93.4 cm³/mol. The number of amides is 1. The minimum Gasteiger partial charge on any atom is -0.360 e. The Balaban J connectivity index is 2.13. The van der Waals surface area contributed by atoms with Crippen LogP contribution in [0, 0.1) is 22.7 Å². The summed E-state index contributed by atoms with van der Waals surface area (Å²) in [6.07, 6.45) is 1.18. The molecule has 0 aliphatic carbocycles. The van der Waals surface area contributed by atoms with Crippen molar-refractivity contribution < 1.29 is 17.8 Å². The quantitative estimate of drug-likeness (QED) is 0.417. The first-order valence-electron chi connectivity index (χ1n) is 7.09. The van der Waals surface area contributed by atoms with Crippen molar-refractivity contribution >= 4 is 27.4 Å². The van der Waals surface area contributed by atoms with Crippen LogP contribution in [0.5, 0.6) is 0 Å². The summed E-state index contributed by atoms with van der Waals surface area (Å²) in [7, 11) is -4.41. The Kier molecular flexibility index (Phi) is 5.71. The van der Waals surface area contributed by atoms with Gasteiger partial charge in [0.1, 0.15) is 11.6 Å². The number of carbonyl (C=O) groups excluding carboxylic acids is 1. The van der Waals surface area contributed by atoms with Crippen molar-refractivity contribution in [2.24, 2.45) is 0 Å². The van der Waals surface area contributed by atoms with Gasteiger partial charge in [-0.15, -0.1) is 0 Å². The molecule has 0 bridgehead atoms. The van der Waals surface area contributed by atoms with Crippen LogP contribution in [-0.4, -0.2) is 18.9 Å². The maximum atomic E-state index is 12.1. The zero-order valence-corrected chi connectivity index (χ0v) is 14.0. The van der Waals surface area contributed by atoms with Crippen LogP contribution in [0.25, 0.3) is 0 Å². The van der Waals surface area contributed by atoms with E-state index in [4.69, 9.17) is 15.1 Å². The number of nitriles is 2. The third-order valence-electron chi connectivity index (χ3n) is 3.15. The highest BCUT2D eigenvalue weighted by molar-refractivity contribution is 7.85. The lowest BCUT2D eigenvalue weighted by atomic mass is 10.2. The number of hydrogen-bond acceptors (Lipinski definition) is 6. The van der Waals surface area contributed by atoms with E-state index >= 15 is 0 Å². The van der Waals surface area contributed by atoms with Gasteiger partial charge in [-0.2, -0.15) is 18.9 Å². The zero-order valence-electron chi connectivity index (χ0n) is 13.2. The first-order chi connectivity index (χ1) is 12.3. The Morgan fingerprint density at radius 3 is 2.35 bits per heavy atom. The minimum absolute atomic E-state index is 0.102.